The van der Waals surface area contributed by atoms with E-state index in [1.54, 1.807) is 6.07 Å². The quantitative estimate of drug-likeness (QED) is 0.788. The van der Waals surface area contributed by atoms with E-state index in [2.05, 4.69) is 5.32 Å². The van der Waals surface area contributed by atoms with Crippen molar-refractivity contribution in [2.75, 3.05) is 5.32 Å². The summed E-state index contributed by atoms with van der Waals surface area (Å²) in [5.74, 6) is -0.185. The third kappa shape index (κ3) is 3.63. The standard InChI is InChI=1S/C10H13NO4S/c1-2-4-10(12)11-8-5-3-6-9(7-8)16(13,14)15/h3,5-7H,2,4H2,1H3,(H,11,12)(H,13,14,15). The predicted octanol–water partition coefficient (Wildman–Crippen LogP) is 1.67. The maximum atomic E-state index is 11.3. The van der Waals surface area contributed by atoms with Gasteiger partial charge in [-0.05, 0) is 24.6 Å². The van der Waals surface area contributed by atoms with Crippen molar-refractivity contribution in [1.29, 1.82) is 0 Å². The van der Waals surface area contributed by atoms with Crippen LogP contribution in [-0.2, 0) is 14.9 Å². The van der Waals surface area contributed by atoms with E-state index in [0.717, 1.165) is 0 Å². The Balaban J connectivity index is 2.88. The molecule has 0 fully saturated rings. The fraction of sp³-hybridized carbons (Fsp3) is 0.300. The summed E-state index contributed by atoms with van der Waals surface area (Å²) in [4.78, 5) is 11.0. The molecule has 0 heterocycles. The average Bonchev–Trinajstić information content (AvgIpc) is 2.17. The highest BCUT2D eigenvalue weighted by atomic mass is 32.2. The second kappa shape index (κ2) is 5.09. The number of benzene rings is 1. The van der Waals surface area contributed by atoms with Gasteiger partial charge in [-0.15, -0.1) is 0 Å². The van der Waals surface area contributed by atoms with Crippen molar-refractivity contribution in [1.82, 2.24) is 0 Å². The van der Waals surface area contributed by atoms with Crippen LogP contribution >= 0.6 is 0 Å². The molecule has 0 aliphatic rings. The van der Waals surface area contributed by atoms with E-state index in [4.69, 9.17) is 4.55 Å². The van der Waals surface area contributed by atoms with Crippen molar-refractivity contribution < 1.29 is 17.8 Å². The molecule has 16 heavy (non-hydrogen) atoms. The van der Waals surface area contributed by atoms with E-state index in [1.165, 1.54) is 18.2 Å². The summed E-state index contributed by atoms with van der Waals surface area (Å²) in [7, 11) is -4.22. The molecule has 1 rings (SSSR count). The van der Waals surface area contributed by atoms with E-state index in [1.807, 2.05) is 6.92 Å². The van der Waals surface area contributed by atoms with Crippen molar-refractivity contribution in [3.8, 4) is 0 Å². The molecule has 0 atom stereocenters. The summed E-state index contributed by atoms with van der Waals surface area (Å²) >= 11 is 0. The maximum Gasteiger partial charge on any atom is 0.294 e. The second-order valence-electron chi connectivity index (χ2n) is 3.30. The third-order valence-electron chi connectivity index (χ3n) is 1.89. The Labute approximate surface area is 94.2 Å². The minimum atomic E-state index is -4.22. The molecular weight excluding hydrogens is 230 g/mol. The van der Waals surface area contributed by atoms with E-state index >= 15 is 0 Å². The summed E-state index contributed by atoms with van der Waals surface area (Å²) in [6.07, 6.45) is 1.08. The molecule has 0 aliphatic carbocycles. The van der Waals surface area contributed by atoms with Gasteiger partial charge in [0.1, 0.15) is 0 Å². The van der Waals surface area contributed by atoms with Gasteiger partial charge in [0.2, 0.25) is 5.91 Å². The van der Waals surface area contributed by atoms with Crippen LogP contribution in [0.3, 0.4) is 0 Å². The Hall–Kier alpha value is -1.40. The molecule has 2 N–H and O–H groups in total. The van der Waals surface area contributed by atoms with Crippen LogP contribution < -0.4 is 5.32 Å². The molecule has 1 aromatic rings. The molecule has 1 aromatic carbocycles. The summed E-state index contributed by atoms with van der Waals surface area (Å²) in [6, 6.07) is 5.47. The fourth-order valence-electron chi connectivity index (χ4n) is 1.18. The number of carbonyl (C=O) groups is 1. The van der Waals surface area contributed by atoms with Gasteiger partial charge in [0, 0.05) is 12.1 Å². The number of hydrogen-bond donors (Lipinski definition) is 2. The molecular formula is C10H13NO4S. The number of carbonyl (C=O) groups excluding carboxylic acids is 1. The maximum absolute atomic E-state index is 11.3. The molecule has 0 saturated heterocycles. The van der Waals surface area contributed by atoms with Crippen LogP contribution in [0.1, 0.15) is 19.8 Å². The zero-order valence-electron chi connectivity index (χ0n) is 8.80. The predicted molar refractivity (Wildman–Crippen MR) is 59.8 cm³/mol. The normalized spacial score (nSPS) is 11.1. The molecule has 5 nitrogen and oxygen atoms in total. The highest BCUT2D eigenvalue weighted by molar-refractivity contribution is 7.85. The highest BCUT2D eigenvalue weighted by Crippen LogP contribution is 2.15. The number of amides is 1. The van der Waals surface area contributed by atoms with Gasteiger partial charge >= 0.3 is 0 Å². The van der Waals surface area contributed by atoms with Gasteiger partial charge < -0.3 is 5.32 Å². The molecule has 0 aliphatic heterocycles. The smallest absolute Gasteiger partial charge is 0.294 e. The van der Waals surface area contributed by atoms with Gasteiger partial charge in [-0.3, -0.25) is 9.35 Å². The number of hydrogen-bond acceptors (Lipinski definition) is 3. The van der Waals surface area contributed by atoms with Crippen LogP contribution in [0.25, 0.3) is 0 Å². The first-order chi connectivity index (χ1) is 7.43. The lowest BCUT2D eigenvalue weighted by molar-refractivity contribution is -0.116. The van der Waals surface area contributed by atoms with Crippen LogP contribution in [0.4, 0.5) is 5.69 Å². The molecule has 1 amide bonds. The van der Waals surface area contributed by atoms with Crippen molar-refractivity contribution in [2.24, 2.45) is 0 Å². The first-order valence-electron chi connectivity index (χ1n) is 4.81. The SMILES string of the molecule is CCCC(=O)Nc1cccc(S(=O)(=O)O)c1. The summed E-state index contributed by atoms with van der Waals surface area (Å²) < 4.78 is 30.5. The van der Waals surface area contributed by atoms with E-state index < -0.39 is 10.1 Å². The van der Waals surface area contributed by atoms with Crippen molar-refractivity contribution in [2.45, 2.75) is 24.7 Å². The molecule has 0 saturated carbocycles. The Morgan fingerprint density at radius 3 is 2.69 bits per heavy atom. The average molecular weight is 243 g/mol. The Kier molecular flexibility index (Phi) is 4.03. The third-order valence-corrected chi connectivity index (χ3v) is 2.74. The summed E-state index contributed by atoms with van der Waals surface area (Å²) in [5, 5.41) is 2.54. The molecule has 0 bridgehead atoms. The molecule has 0 spiro atoms. The van der Waals surface area contributed by atoms with Gasteiger partial charge in [-0.2, -0.15) is 8.42 Å². The van der Waals surface area contributed by atoms with Gasteiger partial charge in [0.25, 0.3) is 10.1 Å². The van der Waals surface area contributed by atoms with E-state index in [9.17, 15) is 13.2 Å². The minimum absolute atomic E-state index is 0.185. The van der Waals surface area contributed by atoms with Gasteiger partial charge in [-0.25, -0.2) is 0 Å². The zero-order chi connectivity index (χ0) is 12.2. The van der Waals surface area contributed by atoms with E-state index in [-0.39, 0.29) is 10.8 Å². The Morgan fingerprint density at radius 2 is 2.12 bits per heavy atom. The minimum Gasteiger partial charge on any atom is -0.326 e. The van der Waals surface area contributed by atoms with Crippen LogP contribution in [0.2, 0.25) is 0 Å². The van der Waals surface area contributed by atoms with Gasteiger partial charge in [-0.1, -0.05) is 13.0 Å². The fourth-order valence-corrected chi connectivity index (χ4v) is 1.71. The Morgan fingerprint density at radius 1 is 1.44 bits per heavy atom. The summed E-state index contributed by atoms with van der Waals surface area (Å²) in [6.45, 7) is 1.87. The van der Waals surface area contributed by atoms with Gasteiger partial charge in [0.15, 0.2) is 0 Å². The van der Waals surface area contributed by atoms with Crippen molar-refractivity contribution in [3.63, 3.8) is 0 Å². The van der Waals surface area contributed by atoms with Crippen molar-refractivity contribution >= 4 is 21.7 Å². The lowest BCUT2D eigenvalue weighted by Gasteiger charge is -2.05. The topological polar surface area (TPSA) is 83.5 Å². The second-order valence-corrected chi connectivity index (χ2v) is 4.72. The molecule has 0 radical (unpaired) electrons. The van der Waals surface area contributed by atoms with Crippen LogP contribution in [-0.4, -0.2) is 18.9 Å². The largest absolute Gasteiger partial charge is 0.326 e. The number of anilines is 1. The van der Waals surface area contributed by atoms with Crippen LogP contribution in [0.15, 0.2) is 29.2 Å². The van der Waals surface area contributed by atoms with Crippen LogP contribution in [0.5, 0.6) is 0 Å². The zero-order valence-corrected chi connectivity index (χ0v) is 9.62. The summed E-state index contributed by atoms with van der Waals surface area (Å²) in [5.41, 5.74) is 0.355. The van der Waals surface area contributed by atoms with E-state index in [0.29, 0.717) is 18.5 Å². The Bertz CT molecular complexity index is 481. The first kappa shape index (κ1) is 12.7. The molecule has 0 unspecified atom stereocenters. The number of nitrogens with one attached hydrogen (secondary N) is 1. The molecule has 88 valence electrons. The molecule has 0 aromatic heterocycles. The van der Waals surface area contributed by atoms with Gasteiger partial charge in [0.05, 0.1) is 4.90 Å². The first-order valence-corrected chi connectivity index (χ1v) is 6.25. The lowest BCUT2D eigenvalue weighted by Crippen LogP contribution is -2.11. The highest BCUT2D eigenvalue weighted by Gasteiger charge is 2.10. The molecule has 6 heteroatoms. The van der Waals surface area contributed by atoms with Crippen molar-refractivity contribution in [3.05, 3.63) is 24.3 Å². The monoisotopic (exact) mass is 243 g/mol. The van der Waals surface area contributed by atoms with Crippen LogP contribution in [0, 0.1) is 0 Å². The number of rotatable bonds is 4. The lowest BCUT2D eigenvalue weighted by atomic mass is 10.3.